The topological polar surface area (TPSA) is 26.2 Å². The molecule has 0 N–H and O–H groups in total. The van der Waals surface area contributed by atoms with Gasteiger partial charge in [0.25, 0.3) is 0 Å². The van der Waals surface area contributed by atoms with Crippen molar-refractivity contribution in [3.63, 3.8) is 0 Å². The highest BCUT2D eigenvalue weighted by molar-refractivity contribution is 6.15. The number of hydrogen-bond acceptors (Lipinski definition) is 2. The largest absolute Gasteiger partial charge is 0.311 e. The molecule has 6 nitrogen and oxygen atoms in total. The summed E-state index contributed by atoms with van der Waals surface area (Å²) >= 11 is 0. The van der Waals surface area contributed by atoms with Gasteiger partial charge in [-0.2, -0.15) is 0 Å². The van der Waals surface area contributed by atoms with E-state index in [9.17, 15) is 0 Å². The van der Waals surface area contributed by atoms with Gasteiger partial charge in [0.1, 0.15) is 0 Å². The summed E-state index contributed by atoms with van der Waals surface area (Å²) < 4.78 is 9.54. The van der Waals surface area contributed by atoms with E-state index in [1.165, 1.54) is 165 Å². The molecule has 0 aliphatic heterocycles. The molecule has 0 atom stereocenters. The van der Waals surface area contributed by atoms with Gasteiger partial charge >= 0.3 is 0 Å². The molecule has 0 amide bonds. The third kappa shape index (κ3) is 13.6. The number of para-hydroxylation sites is 8. The highest BCUT2D eigenvalue weighted by Gasteiger charge is 2.23. The lowest BCUT2D eigenvalue weighted by Crippen LogP contribution is -2.10. The maximum atomic E-state index is 2.40. The Morgan fingerprint density at radius 3 is 0.738 bits per heavy atom. The molecule has 25 rings (SSSR count). The van der Waals surface area contributed by atoms with Crippen LogP contribution in [0.1, 0.15) is 0 Å². The van der Waals surface area contributed by atoms with Crippen molar-refractivity contribution >= 4 is 132 Å². The van der Waals surface area contributed by atoms with E-state index in [0.717, 1.165) is 56.9 Å². The average Bonchev–Trinajstić information content (AvgIpc) is 1.60. The van der Waals surface area contributed by atoms with Gasteiger partial charge in [-0.15, -0.1) is 0 Å². The highest BCUT2D eigenvalue weighted by atomic mass is 15.2. The van der Waals surface area contributed by atoms with Gasteiger partial charge in [0, 0.05) is 100.0 Å². The predicted molar refractivity (Wildman–Crippen MR) is 550 cm³/mol. The van der Waals surface area contributed by atoms with Crippen LogP contribution in [0.2, 0.25) is 0 Å². The van der Waals surface area contributed by atoms with Crippen LogP contribution < -0.4 is 9.80 Å². The van der Waals surface area contributed by atoms with Gasteiger partial charge in [-0.3, -0.25) is 0 Å². The van der Waals surface area contributed by atoms with Crippen LogP contribution in [0.3, 0.4) is 0 Å². The number of rotatable bonds is 16. The van der Waals surface area contributed by atoms with Crippen LogP contribution in [0.4, 0.5) is 34.1 Å². The molecule has 0 unspecified atom stereocenters. The maximum absolute atomic E-state index is 2.40. The molecule has 610 valence electrons. The fourth-order valence-corrected chi connectivity index (χ4v) is 19.9. The number of nitrogens with zero attached hydrogens (tertiary/aromatic N) is 6. The molecule has 4 heterocycles. The van der Waals surface area contributed by atoms with Gasteiger partial charge in [0.2, 0.25) is 0 Å². The smallest absolute Gasteiger partial charge is 0.0541 e. The summed E-state index contributed by atoms with van der Waals surface area (Å²) in [6.07, 6.45) is 0. The molecule has 0 saturated carbocycles. The Labute approximate surface area is 754 Å². The molecule has 0 aliphatic carbocycles. The van der Waals surface area contributed by atoms with E-state index in [4.69, 9.17) is 0 Å². The molecule has 21 aromatic carbocycles. The summed E-state index contributed by atoms with van der Waals surface area (Å²) in [6, 6.07) is 185. The Balaban J connectivity index is 0.000000144. The minimum atomic E-state index is 1.09. The standard InChI is InChI=1S/C64H43N3.C60H41N3/c1-3-16-50(17-4-1)65(53-36-38-54(39-37-53)67-61-24-11-9-21-57(61)58-22-10-12-25-62(58)67)52-34-30-45(31-35-52)49-33-41-64-60(43-49)59-42-48(32-40-63(59)66(64)51-18-5-2-6-19-51)44-26-28-47(29-27-44)56-23-13-15-46-14-7-8-20-55(46)56;1-4-16-43(17-5-1)51-22-10-11-23-52(51)45-31-39-60-56(41-45)55-40-44(30-38-59(55)62(60)47-20-8-3-9-21-47)42-28-32-48(33-29-42)61(46-18-6-2-7-19-46)49-34-36-50(37-35-49)63-57-26-14-12-24-53(57)54-25-13-15-27-58(54)63/h1-43H;1-41H. The zero-order valence-electron chi connectivity index (χ0n) is 71.2. The molecular formula is C124H84N6. The number of benzene rings is 21. The zero-order valence-corrected chi connectivity index (χ0v) is 71.2. The third-order valence-corrected chi connectivity index (χ3v) is 26.0. The Bertz CT molecular complexity index is 8420. The van der Waals surface area contributed by atoms with Crippen molar-refractivity contribution in [1.82, 2.24) is 18.3 Å². The Morgan fingerprint density at radius 2 is 0.354 bits per heavy atom. The van der Waals surface area contributed by atoms with Gasteiger partial charge in [-0.1, -0.05) is 315 Å². The van der Waals surface area contributed by atoms with E-state index < -0.39 is 0 Å². The minimum absolute atomic E-state index is 1.09. The molecule has 0 spiro atoms. The van der Waals surface area contributed by atoms with Crippen molar-refractivity contribution in [2.45, 2.75) is 0 Å². The van der Waals surface area contributed by atoms with Crippen molar-refractivity contribution in [1.29, 1.82) is 0 Å². The second-order valence-corrected chi connectivity index (χ2v) is 33.5. The van der Waals surface area contributed by atoms with Gasteiger partial charge < -0.3 is 28.1 Å². The summed E-state index contributed by atoms with van der Waals surface area (Å²) in [6.45, 7) is 0. The van der Waals surface area contributed by atoms with E-state index >= 15 is 0 Å². The molecule has 0 aliphatic rings. The lowest BCUT2D eigenvalue weighted by atomic mass is 9.93. The van der Waals surface area contributed by atoms with Crippen LogP contribution in [0, 0.1) is 0 Å². The second-order valence-electron chi connectivity index (χ2n) is 33.5. The molecule has 4 aromatic heterocycles. The quantitative estimate of drug-likeness (QED) is 0.0964. The number of anilines is 6. The van der Waals surface area contributed by atoms with Crippen LogP contribution in [-0.4, -0.2) is 18.3 Å². The van der Waals surface area contributed by atoms with E-state index in [1.54, 1.807) is 0 Å². The van der Waals surface area contributed by atoms with Crippen molar-refractivity contribution < 1.29 is 0 Å². The number of hydrogen-bond donors (Lipinski definition) is 0. The summed E-state index contributed by atoms with van der Waals surface area (Å²) in [5, 5.41) is 12.5. The van der Waals surface area contributed by atoms with Gasteiger partial charge in [0.15, 0.2) is 0 Å². The molecule has 0 saturated heterocycles. The van der Waals surface area contributed by atoms with Crippen molar-refractivity contribution in [2.24, 2.45) is 0 Å². The summed E-state index contributed by atoms with van der Waals surface area (Å²) in [7, 11) is 0. The number of aromatic nitrogens is 4. The minimum Gasteiger partial charge on any atom is -0.311 e. The van der Waals surface area contributed by atoms with E-state index in [1.807, 2.05) is 0 Å². The Kier molecular flexibility index (Phi) is 19.2. The van der Waals surface area contributed by atoms with Gasteiger partial charge in [0.05, 0.1) is 44.1 Å². The molecule has 0 radical (unpaired) electrons. The van der Waals surface area contributed by atoms with Crippen molar-refractivity contribution in [3.05, 3.63) is 510 Å². The first-order valence-corrected chi connectivity index (χ1v) is 44.6. The van der Waals surface area contributed by atoms with Crippen LogP contribution in [-0.2, 0) is 0 Å². The van der Waals surface area contributed by atoms with Crippen LogP contribution in [0.5, 0.6) is 0 Å². The summed E-state index contributed by atoms with van der Waals surface area (Å²) in [4.78, 5) is 4.68. The first-order valence-electron chi connectivity index (χ1n) is 44.6. The van der Waals surface area contributed by atoms with Crippen molar-refractivity contribution in [3.8, 4) is 89.5 Å². The summed E-state index contributed by atoms with van der Waals surface area (Å²) in [5.41, 5.74) is 35.2. The molecule has 0 bridgehead atoms. The van der Waals surface area contributed by atoms with Crippen LogP contribution in [0.15, 0.2) is 510 Å². The SMILES string of the molecule is c1ccc(-c2ccccc2-c2ccc3c(c2)c2cc(-c4ccc(N(c5ccccc5)c5ccc(-n6c7ccccc7c7ccccc76)cc5)cc4)ccc2n3-c2ccccc2)cc1.c1ccc(N(c2ccc(-c3ccc4c(c3)c3cc(-c5ccc(-c6cccc7ccccc67)cc5)ccc3n4-c3ccccc3)cc2)c2ccc(-n3c4ccccc4c4ccccc43)cc2)cc1. The normalized spacial score (nSPS) is 11.5. The zero-order chi connectivity index (χ0) is 86.0. The predicted octanol–water partition coefficient (Wildman–Crippen LogP) is 33.9. The lowest BCUT2D eigenvalue weighted by molar-refractivity contribution is 1.17. The third-order valence-electron chi connectivity index (χ3n) is 26.0. The lowest BCUT2D eigenvalue weighted by Gasteiger charge is -2.26. The maximum Gasteiger partial charge on any atom is 0.0541 e. The molecule has 6 heteroatoms. The molecule has 25 aromatic rings. The first kappa shape index (κ1) is 76.3. The molecular weight excluding hydrogens is 1570 g/mol. The number of fused-ring (bicyclic) bond motifs is 13. The van der Waals surface area contributed by atoms with Gasteiger partial charge in [-0.05, 0) is 272 Å². The van der Waals surface area contributed by atoms with Gasteiger partial charge in [-0.25, -0.2) is 0 Å². The van der Waals surface area contributed by atoms with Crippen LogP contribution in [0.25, 0.3) is 188 Å². The molecule has 130 heavy (non-hydrogen) atoms. The van der Waals surface area contributed by atoms with E-state index in [0.29, 0.717) is 0 Å². The Hall–Kier alpha value is -17.3. The summed E-state index contributed by atoms with van der Waals surface area (Å²) in [5.74, 6) is 0. The Morgan fingerprint density at radius 1 is 0.123 bits per heavy atom. The van der Waals surface area contributed by atoms with Crippen molar-refractivity contribution in [2.75, 3.05) is 9.80 Å². The van der Waals surface area contributed by atoms with Crippen LogP contribution >= 0.6 is 0 Å². The monoisotopic (exact) mass is 1660 g/mol. The first-order chi connectivity index (χ1) is 64.5. The fourth-order valence-electron chi connectivity index (χ4n) is 19.9. The van der Waals surface area contributed by atoms with E-state index in [-0.39, 0.29) is 0 Å². The fraction of sp³-hybridized carbons (Fsp3) is 0. The average molecular weight is 1660 g/mol. The molecule has 0 fully saturated rings. The highest BCUT2D eigenvalue weighted by Crippen LogP contribution is 2.46. The second kappa shape index (κ2) is 32.7. The van der Waals surface area contributed by atoms with E-state index in [2.05, 4.69) is 538 Å².